The first-order chi connectivity index (χ1) is 10.5. The van der Waals surface area contributed by atoms with Crippen LogP contribution in [0.15, 0.2) is 18.2 Å². The zero-order chi connectivity index (χ0) is 15.9. The van der Waals surface area contributed by atoms with Crippen LogP contribution in [0.4, 0.5) is 9.52 Å². The summed E-state index contributed by atoms with van der Waals surface area (Å²) in [5.41, 5.74) is 1.15. The monoisotopic (exact) mass is 319 g/mol. The van der Waals surface area contributed by atoms with Gasteiger partial charge < -0.3 is 5.32 Å². The second kappa shape index (κ2) is 5.45. The highest BCUT2D eigenvalue weighted by molar-refractivity contribution is 7.20. The van der Waals surface area contributed by atoms with E-state index in [1.165, 1.54) is 21.9 Å². The van der Waals surface area contributed by atoms with Gasteiger partial charge in [-0.25, -0.2) is 4.39 Å². The zero-order valence-corrected chi connectivity index (χ0v) is 13.1. The minimum Gasteiger partial charge on any atom is -0.300 e. The molecule has 0 fully saturated rings. The Hall–Kier alpha value is -2.35. The lowest BCUT2D eigenvalue weighted by molar-refractivity contribution is -0.118. The van der Waals surface area contributed by atoms with E-state index in [1.54, 1.807) is 32.9 Å². The molecule has 3 rings (SSSR count). The highest BCUT2D eigenvalue weighted by Crippen LogP contribution is 2.25. The van der Waals surface area contributed by atoms with Crippen LogP contribution in [0.5, 0.6) is 0 Å². The van der Waals surface area contributed by atoms with Crippen molar-refractivity contribution < 1.29 is 9.18 Å². The summed E-state index contributed by atoms with van der Waals surface area (Å²) in [6.07, 6.45) is 0. The number of carbonyl (C=O) groups excluding carboxylic acids is 1. The van der Waals surface area contributed by atoms with Crippen LogP contribution in [0.1, 0.15) is 19.4 Å². The van der Waals surface area contributed by atoms with Crippen LogP contribution >= 0.6 is 11.3 Å². The number of aromatic nitrogens is 4. The summed E-state index contributed by atoms with van der Waals surface area (Å²) in [5, 5.41) is 15.5. The van der Waals surface area contributed by atoms with Crippen LogP contribution < -0.4 is 5.32 Å². The molecule has 0 bridgehead atoms. The lowest BCUT2D eigenvalue weighted by Crippen LogP contribution is -2.17. The summed E-state index contributed by atoms with van der Waals surface area (Å²) in [7, 11) is 0. The molecule has 0 aliphatic rings. The Bertz CT molecular complexity index is 854. The molecule has 2 heterocycles. The fraction of sp³-hybridized carbons (Fsp3) is 0.286. The molecule has 0 atom stereocenters. The van der Waals surface area contributed by atoms with Gasteiger partial charge in [0.2, 0.25) is 16.0 Å². The largest absolute Gasteiger partial charge is 0.300 e. The number of nitrogens with zero attached hydrogens (tertiary/aromatic N) is 4. The lowest BCUT2D eigenvalue weighted by Gasteiger charge is -2.03. The number of nitrogens with one attached hydrogen (secondary N) is 1. The fourth-order valence-electron chi connectivity index (χ4n) is 1.83. The maximum atomic E-state index is 13.7. The van der Waals surface area contributed by atoms with E-state index in [0.717, 1.165) is 0 Å². The van der Waals surface area contributed by atoms with Gasteiger partial charge in [-0.15, -0.1) is 15.3 Å². The number of benzene rings is 1. The van der Waals surface area contributed by atoms with E-state index >= 15 is 0 Å². The van der Waals surface area contributed by atoms with Gasteiger partial charge in [-0.1, -0.05) is 37.3 Å². The van der Waals surface area contributed by atoms with E-state index in [4.69, 9.17) is 0 Å². The normalized spacial score (nSPS) is 11.3. The first kappa shape index (κ1) is 14.6. The van der Waals surface area contributed by atoms with Crippen LogP contribution in [0.25, 0.3) is 16.3 Å². The Kier molecular flexibility index (Phi) is 3.61. The minimum atomic E-state index is -0.308. The van der Waals surface area contributed by atoms with E-state index in [9.17, 15) is 9.18 Å². The molecule has 0 saturated carbocycles. The van der Waals surface area contributed by atoms with E-state index in [-0.39, 0.29) is 17.6 Å². The second-order valence-corrected chi connectivity index (χ2v) is 6.19. The summed E-state index contributed by atoms with van der Waals surface area (Å²) >= 11 is 1.22. The van der Waals surface area contributed by atoms with Crippen molar-refractivity contribution in [3.05, 3.63) is 29.6 Å². The van der Waals surface area contributed by atoms with Gasteiger partial charge in [0.1, 0.15) is 5.82 Å². The summed E-state index contributed by atoms with van der Waals surface area (Å²) in [4.78, 5) is 12.2. The molecule has 1 aromatic carbocycles. The summed E-state index contributed by atoms with van der Waals surface area (Å²) in [6, 6.07) is 4.84. The summed E-state index contributed by atoms with van der Waals surface area (Å²) in [5.74, 6) is -0.124. The Labute approximate surface area is 130 Å². The van der Waals surface area contributed by atoms with Crippen molar-refractivity contribution in [2.24, 2.45) is 5.92 Å². The first-order valence-electron chi connectivity index (χ1n) is 6.75. The van der Waals surface area contributed by atoms with E-state index < -0.39 is 0 Å². The number of hydrogen-bond acceptors (Lipinski definition) is 5. The number of rotatable bonds is 3. The number of halogens is 1. The third-order valence-electron chi connectivity index (χ3n) is 3.18. The third-order valence-corrected chi connectivity index (χ3v) is 3.99. The molecule has 114 valence electrons. The zero-order valence-electron chi connectivity index (χ0n) is 12.3. The molecule has 1 amide bonds. The summed E-state index contributed by atoms with van der Waals surface area (Å²) in [6.45, 7) is 5.30. The van der Waals surface area contributed by atoms with E-state index in [2.05, 4.69) is 20.6 Å². The van der Waals surface area contributed by atoms with Crippen molar-refractivity contribution >= 4 is 27.3 Å². The number of aryl methyl sites for hydroxylation is 1. The number of anilines is 1. The highest BCUT2D eigenvalue weighted by Gasteiger charge is 2.16. The Balaban J connectivity index is 1.99. The smallest absolute Gasteiger partial charge is 0.236 e. The van der Waals surface area contributed by atoms with Crippen LogP contribution in [0, 0.1) is 18.7 Å². The molecular weight excluding hydrogens is 305 g/mol. The predicted octanol–water partition coefficient (Wildman–Crippen LogP) is 2.89. The Morgan fingerprint density at radius 3 is 2.82 bits per heavy atom. The topological polar surface area (TPSA) is 72.2 Å². The molecule has 6 nitrogen and oxygen atoms in total. The van der Waals surface area contributed by atoms with Crippen molar-refractivity contribution in [1.29, 1.82) is 0 Å². The van der Waals surface area contributed by atoms with Crippen molar-refractivity contribution in [3.8, 4) is 11.4 Å². The van der Waals surface area contributed by atoms with Gasteiger partial charge in [0.15, 0.2) is 5.82 Å². The molecule has 0 spiro atoms. The molecule has 1 N–H and O–H groups in total. The molecule has 2 aromatic heterocycles. The quantitative estimate of drug-likeness (QED) is 0.805. The molecule has 22 heavy (non-hydrogen) atoms. The average molecular weight is 319 g/mol. The number of carbonyl (C=O) groups is 1. The van der Waals surface area contributed by atoms with Gasteiger partial charge in [0, 0.05) is 11.5 Å². The van der Waals surface area contributed by atoms with Crippen molar-refractivity contribution in [2.45, 2.75) is 20.8 Å². The van der Waals surface area contributed by atoms with Crippen LogP contribution in [0.3, 0.4) is 0 Å². The predicted molar refractivity (Wildman–Crippen MR) is 82.3 cm³/mol. The number of fused-ring (bicyclic) bond motifs is 1. The standard InChI is InChI=1S/C14H14FN5OS/c1-7(2)12(21)16-13-19-20-11(17-18-14(20)22-13)9-5-4-8(3)10(15)6-9/h4-7H,1-3H3,(H,16,19,21). The van der Waals surface area contributed by atoms with Crippen LogP contribution in [0.2, 0.25) is 0 Å². The first-order valence-corrected chi connectivity index (χ1v) is 7.57. The number of hydrogen-bond donors (Lipinski definition) is 1. The summed E-state index contributed by atoms with van der Waals surface area (Å²) < 4.78 is 15.2. The molecule has 3 aromatic rings. The van der Waals surface area contributed by atoms with Gasteiger partial charge in [-0.05, 0) is 18.6 Å². The maximum Gasteiger partial charge on any atom is 0.236 e. The van der Waals surface area contributed by atoms with Crippen molar-refractivity contribution in [2.75, 3.05) is 5.32 Å². The lowest BCUT2D eigenvalue weighted by atomic mass is 10.1. The van der Waals surface area contributed by atoms with Crippen molar-refractivity contribution in [3.63, 3.8) is 0 Å². The van der Waals surface area contributed by atoms with Gasteiger partial charge >= 0.3 is 0 Å². The SMILES string of the molecule is Cc1ccc(-c2nnc3sc(NC(=O)C(C)C)nn23)cc1F. The number of amides is 1. The van der Waals surface area contributed by atoms with Crippen LogP contribution in [-0.2, 0) is 4.79 Å². The molecule has 0 aliphatic heterocycles. The van der Waals surface area contributed by atoms with Gasteiger partial charge in [0.25, 0.3) is 0 Å². The average Bonchev–Trinajstić information content (AvgIpc) is 3.01. The van der Waals surface area contributed by atoms with Crippen molar-refractivity contribution in [1.82, 2.24) is 19.8 Å². The van der Waals surface area contributed by atoms with E-state index in [1.807, 2.05) is 0 Å². The van der Waals surface area contributed by atoms with Crippen LogP contribution in [-0.4, -0.2) is 25.7 Å². The maximum absolute atomic E-state index is 13.7. The third kappa shape index (κ3) is 2.57. The van der Waals surface area contributed by atoms with Gasteiger partial charge in [-0.3, -0.25) is 4.79 Å². The minimum absolute atomic E-state index is 0.118. The van der Waals surface area contributed by atoms with E-state index in [0.29, 0.717) is 27.0 Å². The molecule has 0 unspecified atom stereocenters. The molecule has 0 radical (unpaired) electrons. The Morgan fingerprint density at radius 2 is 2.14 bits per heavy atom. The molecule has 0 saturated heterocycles. The second-order valence-electron chi connectivity index (χ2n) is 5.23. The van der Waals surface area contributed by atoms with Gasteiger partial charge in [-0.2, -0.15) is 4.52 Å². The molecule has 0 aliphatic carbocycles. The van der Waals surface area contributed by atoms with Gasteiger partial charge in [0.05, 0.1) is 0 Å². The fourth-order valence-corrected chi connectivity index (χ4v) is 2.57. The molecule has 8 heteroatoms. The Morgan fingerprint density at radius 1 is 1.36 bits per heavy atom. The molecular formula is C14H14FN5OS. The highest BCUT2D eigenvalue weighted by atomic mass is 32.1.